The van der Waals surface area contributed by atoms with Crippen molar-refractivity contribution in [3.05, 3.63) is 0 Å². The van der Waals surface area contributed by atoms with Crippen LogP contribution in [0.15, 0.2) is 0 Å². The van der Waals surface area contributed by atoms with Crippen molar-refractivity contribution in [2.24, 2.45) is 11.8 Å². The molecule has 0 atom stereocenters. The van der Waals surface area contributed by atoms with E-state index in [0.717, 1.165) is 25.6 Å². The minimum Gasteiger partial charge on any atom is -0.335 e. The number of piperazine rings is 1. The van der Waals surface area contributed by atoms with Gasteiger partial charge in [0, 0.05) is 43.7 Å². The third kappa shape index (κ3) is 4.69. The lowest BCUT2D eigenvalue weighted by atomic mass is 9.92. The summed E-state index contributed by atoms with van der Waals surface area (Å²) in [5.74, 6) is 1.23. The molecule has 4 heteroatoms. The number of carbonyl (C=O) groups is 1. The Morgan fingerprint density at radius 2 is 1.65 bits per heavy atom. The number of hydrogen-bond donors (Lipinski definition) is 0. The van der Waals surface area contributed by atoms with E-state index in [1.165, 1.54) is 32.5 Å². The maximum Gasteiger partial charge on any atom is 0.225 e. The second-order valence-corrected chi connectivity index (χ2v) is 8.77. The zero-order valence-corrected chi connectivity index (χ0v) is 16.1. The van der Waals surface area contributed by atoms with E-state index in [-0.39, 0.29) is 11.5 Å². The number of nitrogens with zero attached hydrogens (tertiary/aromatic N) is 3. The van der Waals surface area contributed by atoms with Crippen molar-refractivity contribution in [2.45, 2.75) is 66.0 Å². The molecule has 0 aliphatic carbocycles. The Labute approximate surface area is 143 Å². The lowest BCUT2D eigenvalue weighted by Gasteiger charge is -2.49. The van der Waals surface area contributed by atoms with E-state index in [1.54, 1.807) is 0 Å². The summed E-state index contributed by atoms with van der Waals surface area (Å²) in [6.07, 6.45) is 2.65. The summed E-state index contributed by atoms with van der Waals surface area (Å²) in [5, 5.41) is 0. The topological polar surface area (TPSA) is 26.8 Å². The summed E-state index contributed by atoms with van der Waals surface area (Å²) < 4.78 is 0. The highest BCUT2D eigenvalue weighted by Gasteiger charge is 2.38. The molecule has 2 rings (SSSR count). The van der Waals surface area contributed by atoms with Crippen LogP contribution in [-0.4, -0.2) is 71.5 Å². The molecule has 0 radical (unpaired) electrons. The first-order valence-corrected chi connectivity index (χ1v) is 9.48. The Kier molecular flexibility index (Phi) is 6.12. The lowest BCUT2D eigenvalue weighted by Crippen LogP contribution is -2.62. The molecule has 0 N–H and O–H groups in total. The second kappa shape index (κ2) is 7.52. The van der Waals surface area contributed by atoms with E-state index < -0.39 is 0 Å². The first-order chi connectivity index (χ1) is 10.7. The first-order valence-electron chi connectivity index (χ1n) is 9.48. The molecule has 0 aromatic carbocycles. The Morgan fingerprint density at radius 1 is 1.04 bits per heavy atom. The van der Waals surface area contributed by atoms with Crippen molar-refractivity contribution >= 4 is 5.91 Å². The number of likely N-dealkylation sites (tertiary alicyclic amines) is 1. The van der Waals surface area contributed by atoms with Crippen molar-refractivity contribution in [1.29, 1.82) is 0 Å². The summed E-state index contributed by atoms with van der Waals surface area (Å²) in [6.45, 7) is 19.7. The van der Waals surface area contributed by atoms with Crippen molar-refractivity contribution in [3.63, 3.8) is 0 Å². The Hall–Kier alpha value is -0.610. The number of piperidine rings is 1. The van der Waals surface area contributed by atoms with Gasteiger partial charge in [-0.05, 0) is 59.5 Å². The highest BCUT2D eigenvalue weighted by Crippen LogP contribution is 2.26. The normalized spacial score (nSPS) is 24.6. The minimum absolute atomic E-state index is 0.0434. The van der Waals surface area contributed by atoms with Crippen molar-refractivity contribution in [3.8, 4) is 0 Å². The van der Waals surface area contributed by atoms with E-state index in [4.69, 9.17) is 0 Å². The molecule has 4 nitrogen and oxygen atoms in total. The number of amides is 1. The third-order valence-electron chi connectivity index (χ3n) is 5.64. The molecule has 2 aliphatic heterocycles. The average Bonchev–Trinajstić information content (AvgIpc) is 2.46. The predicted molar refractivity (Wildman–Crippen MR) is 96.5 cm³/mol. The fourth-order valence-corrected chi connectivity index (χ4v) is 4.15. The smallest absolute Gasteiger partial charge is 0.225 e. The predicted octanol–water partition coefficient (Wildman–Crippen LogP) is 2.69. The molecule has 0 aromatic heterocycles. The van der Waals surface area contributed by atoms with Gasteiger partial charge in [0.25, 0.3) is 0 Å². The van der Waals surface area contributed by atoms with Gasteiger partial charge in [-0.25, -0.2) is 0 Å². The van der Waals surface area contributed by atoms with Crippen molar-refractivity contribution < 1.29 is 4.79 Å². The highest BCUT2D eigenvalue weighted by molar-refractivity contribution is 5.79. The zero-order valence-electron chi connectivity index (χ0n) is 16.1. The van der Waals surface area contributed by atoms with Crippen molar-refractivity contribution in [2.75, 3.05) is 39.3 Å². The molecule has 0 saturated carbocycles. The summed E-state index contributed by atoms with van der Waals surface area (Å²) in [7, 11) is 0. The largest absolute Gasteiger partial charge is 0.335 e. The Morgan fingerprint density at radius 3 is 2.13 bits per heavy atom. The number of hydrogen-bond acceptors (Lipinski definition) is 3. The van der Waals surface area contributed by atoms with Gasteiger partial charge in [-0.2, -0.15) is 0 Å². The van der Waals surface area contributed by atoms with Gasteiger partial charge < -0.3 is 9.80 Å². The average molecular weight is 324 g/mol. The molecule has 0 bridgehead atoms. The fourth-order valence-electron chi connectivity index (χ4n) is 4.15. The molecule has 2 fully saturated rings. The van der Waals surface area contributed by atoms with Crippen LogP contribution in [0.25, 0.3) is 0 Å². The van der Waals surface area contributed by atoms with Crippen LogP contribution in [-0.2, 0) is 4.79 Å². The number of rotatable bonds is 4. The van der Waals surface area contributed by atoms with E-state index in [0.29, 0.717) is 11.9 Å². The van der Waals surface area contributed by atoms with E-state index in [9.17, 15) is 4.79 Å². The van der Waals surface area contributed by atoms with Crippen LogP contribution < -0.4 is 0 Å². The van der Waals surface area contributed by atoms with Gasteiger partial charge in [-0.15, -0.1) is 0 Å². The summed E-state index contributed by atoms with van der Waals surface area (Å²) in [5.41, 5.74) is -0.0434. The lowest BCUT2D eigenvalue weighted by molar-refractivity contribution is -0.144. The van der Waals surface area contributed by atoms with Gasteiger partial charge in [-0.3, -0.25) is 9.69 Å². The van der Waals surface area contributed by atoms with Crippen LogP contribution in [0.3, 0.4) is 0 Å². The van der Waals surface area contributed by atoms with Gasteiger partial charge in [0.1, 0.15) is 0 Å². The van der Waals surface area contributed by atoms with Gasteiger partial charge in [0.15, 0.2) is 0 Å². The highest BCUT2D eigenvalue weighted by atomic mass is 16.2. The molecule has 2 heterocycles. The SMILES string of the molecule is CC(C)C(=O)N1CCN(CC2CCN(C(C)C)CC2)CC1(C)C. The van der Waals surface area contributed by atoms with Crippen LogP contribution in [0.2, 0.25) is 0 Å². The Balaban J connectivity index is 1.84. The maximum absolute atomic E-state index is 12.4. The molecule has 2 saturated heterocycles. The molecular weight excluding hydrogens is 286 g/mol. The maximum atomic E-state index is 12.4. The summed E-state index contributed by atoms with van der Waals surface area (Å²) >= 11 is 0. The van der Waals surface area contributed by atoms with Gasteiger partial charge in [0.2, 0.25) is 5.91 Å². The molecule has 0 unspecified atom stereocenters. The van der Waals surface area contributed by atoms with Gasteiger partial charge in [0.05, 0.1) is 0 Å². The monoisotopic (exact) mass is 323 g/mol. The van der Waals surface area contributed by atoms with Gasteiger partial charge in [-0.1, -0.05) is 13.8 Å². The Bertz CT molecular complexity index is 397. The fraction of sp³-hybridized carbons (Fsp3) is 0.947. The van der Waals surface area contributed by atoms with Crippen molar-refractivity contribution in [1.82, 2.24) is 14.7 Å². The van der Waals surface area contributed by atoms with Gasteiger partial charge >= 0.3 is 0 Å². The number of carbonyl (C=O) groups excluding carboxylic acids is 1. The van der Waals surface area contributed by atoms with Crippen LogP contribution in [0.5, 0.6) is 0 Å². The molecule has 23 heavy (non-hydrogen) atoms. The van der Waals surface area contributed by atoms with Crippen LogP contribution in [0.4, 0.5) is 0 Å². The van der Waals surface area contributed by atoms with Crippen LogP contribution in [0, 0.1) is 11.8 Å². The summed E-state index contributed by atoms with van der Waals surface area (Å²) in [6, 6.07) is 0.681. The molecular formula is C19H37N3O. The van der Waals surface area contributed by atoms with E-state index >= 15 is 0 Å². The zero-order chi connectivity index (χ0) is 17.2. The molecule has 0 aromatic rings. The molecule has 0 spiro atoms. The van der Waals surface area contributed by atoms with Crippen LogP contribution in [0.1, 0.15) is 54.4 Å². The quantitative estimate of drug-likeness (QED) is 0.796. The minimum atomic E-state index is -0.0434. The summed E-state index contributed by atoms with van der Waals surface area (Å²) in [4.78, 5) is 19.7. The standard InChI is InChI=1S/C19H37N3O/c1-15(2)18(23)22-12-11-20(14-19(22,5)6)13-17-7-9-21(10-8-17)16(3)4/h15-17H,7-14H2,1-6H3. The third-order valence-corrected chi connectivity index (χ3v) is 5.64. The molecule has 134 valence electrons. The molecule has 2 aliphatic rings. The van der Waals surface area contributed by atoms with E-state index in [2.05, 4.69) is 42.4 Å². The van der Waals surface area contributed by atoms with E-state index in [1.807, 2.05) is 13.8 Å². The first kappa shape index (κ1) is 18.7. The van der Waals surface area contributed by atoms with Crippen LogP contribution >= 0.6 is 0 Å². The second-order valence-electron chi connectivity index (χ2n) is 8.77. The molecule has 1 amide bonds.